The highest BCUT2D eigenvalue weighted by Gasteiger charge is 2.09. The van der Waals surface area contributed by atoms with Gasteiger partial charge in [-0.05, 0) is 25.6 Å². The van der Waals surface area contributed by atoms with E-state index in [1.807, 2.05) is 0 Å². The van der Waals surface area contributed by atoms with Crippen LogP contribution < -0.4 is 0 Å². The predicted molar refractivity (Wildman–Crippen MR) is 36.8 cm³/mol. The Labute approximate surface area is 57.2 Å². The summed E-state index contributed by atoms with van der Waals surface area (Å²) in [6.45, 7) is 1.80. The average molecular weight is 114 g/mol. The zero-order chi connectivity index (χ0) is 9.41. The van der Waals surface area contributed by atoms with E-state index in [0.717, 1.165) is 0 Å². The van der Waals surface area contributed by atoms with E-state index in [0.29, 0.717) is 12.8 Å². The monoisotopic (exact) mass is 114 g/mol. The van der Waals surface area contributed by atoms with Crippen molar-refractivity contribution in [2.75, 3.05) is 0 Å². The van der Waals surface area contributed by atoms with Crippen LogP contribution in [0.3, 0.4) is 0 Å². The van der Waals surface area contributed by atoms with Crippen molar-refractivity contribution in [3.8, 4) is 0 Å². The Kier molecular flexibility index (Phi) is 0.927. The van der Waals surface area contributed by atoms with Gasteiger partial charge in [0.1, 0.15) is 0 Å². The molecule has 1 fully saturated rings. The second-order valence-corrected chi connectivity index (χ2v) is 1.91. The molecule has 0 N–H and O–H groups in total. The topological polar surface area (TPSA) is 0 Å². The summed E-state index contributed by atoms with van der Waals surface area (Å²) in [7, 11) is 0. The molecule has 0 aromatic heterocycles. The number of hydrogen-bond donors (Lipinski definition) is 0. The van der Waals surface area contributed by atoms with Crippen LogP contribution >= 0.6 is 0 Å². The van der Waals surface area contributed by atoms with Gasteiger partial charge in [0.05, 0.1) is 0 Å². The molecule has 8 heavy (non-hydrogen) atoms. The second kappa shape index (κ2) is 2.91. The summed E-state index contributed by atoms with van der Waals surface area (Å²) in [5.74, 6) is -0.574. The molecule has 0 heterocycles. The molecule has 0 saturated heterocycles. The quantitative estimate of drug-likeness (QED) is 0.460. The summed E-state index contributed by atoms with van der Waals surface area (Å²) < 4.78 is 30.3. The first kappa shape index (κ1) is 2.55. The largest absolute Gasteiger partial charge is 0.0914 e. The Bertz CT molecular complexity index is 179. The molecule has 0 unspecified atom stereocenters. The molecule has 0 amide bonds. The maximum atomic E-state index is 7.58. The fraction of sp³-hybridized carbons (Fsp3) is 0.750. The van der Waals surface area contributed by atoms with E-state index >= 15 is 0 Å². The van der Waals surface area contributed by atoms with E-state index in [1.165, 1.54) is 0 Å². The molecule has 1 aliphatic carbocycles. The maximum Gasteiger partial charge on any atom is 0.0273 e. The Hall–Kier alpha value is -0.260. The normalized spacial score (nSPS) is 43.1. The van der Waals surface area contributed by atoms with Crippen molar-refractivity contribution in [2.45, 2.75) is 32.5 Å². The fourth-order valence-electron chi connectivity index (χ4n) is 0.856. The van der Waals surface area contributed by atoms with Crippen LogP contribution in [0.2, 0.25) is 0 Å². The van der Waals surface area contributed by atoms with Crippen LogP contribution in [0.4, 0.5) is 0 Å². The smallest absolute Gasteiger partial charge is 0.0273 e. The number of rotatable bonds is 1. The van der Waals surface area contributed by atoms with Crippen LogP contribution in [-0.4, -0.2) is 0 Å². The van der Waals surface area contributed by atoms with Gasteiger partial charge in [0, 0.05) is 5.48 Å². The summed E-state index contributed by atoms with van der Waals surface area (Å²) in [5, 5.41) is 0. The standard InChI is InChI=1S/C8H14/c1-2-5-8-6-3-4-7-8/h2,5,8H,3-4,6-7H2,1H3/i6D2,7D2. The summed E-state index contributed by atoms with van der Waals surface area (Å²) in [5.41, 5.74) is 0. The first-order valence-electron chi connectivity index (χ1n) is 5.03. The lowest BCUT2D eigenvalue weighted by atomic mass is 10.1. The maximum absolute atomic E-state index is 7.58. The average Bonchev–Trinajstić information content (AvgIpc) is 2.13. The van der Waals surface area contributed by atoms with Gasteiger partial charge in [0.15, 0.2) is 0 Å². The van der Waals surface area contributed by atoms with E-state index in [4.69, 9.17) is 5.48 Å². The van der Waals surface area contributed by atoms with Crippen molar-refractivity contribution >= 4 is 0 Å². The van der Waals surface area contributed by atoms with Crippen LogP contribution in [0.5, 0.6) is 0 Å². The van der Waals surface area contributed by atoms with E-state index in [9.17, 15) is 0 Å². The van der Waals surface area contributed by atoms with Crippen LogP contribution in [-0.2, 0) is 0 Å². The van der Waals surface area contributed by atoms with Crippen LogP contribution in [0.25, 0.3) is 0 Å². The molecule has 1 saturated carbocycles. The Morgan fingerprint density at radius 1 is 1.50 bits per heavy atom. The van der Waals surface area contributed by atoms with Gasteiger partial charge in [0.2, 0.25) is 0 Å². The van der Waals surface area contributed by atoms with Crippen LogP contribution in [0.15, 0.2) is 12.2 Å². The Balaban J connectivity index is 2.88. The highest BCUT2D eigenvalue weighted by atomic mass is 14.2. The third-order valence-electron chi connectivity index (χ3n) is 1.24. The molecule has 0 aromatic rings. The third-order valence-corrected chi connectivity index (χ3v) is 1.24. The van der Waals surface area contributed by atoms with Gasteiger partial charge in [-0.3, -0.25) is 0 Å². The van der Waals surface area contributed by atoms with Crippen LogP contribution in [0.1, 0.15) is 38.0 Å². The van der Waals surface area contributed by atoms with Gasteiger partial charge >= 0.3 is 0 Å². The lowest BCUT2D eigenvalue weighted by Gasteiger charge is -1.96. The molecule has 0 atom stereocenters. The van der Waals surface area contributed by atoms with Crippen molar-refractivity contribution in [3.63, 3.8) is 0 Å². The summed E-state index contributed by atoms with van der Waals surface area (Å²) in [6, 6.07) is 0. The van der Waals surface area contributed by atoms with Crippen molar-refractivity contribution in [1.29, 1.82) is 0 Å². The Morgan fingerprint density at radius 2 is 2.12 bits per heavy atom. The molecular formula is C8H14. The van der Waals surface area contributed by atoms with Gasteiger partial charge < -0.3 is 0 Å². The van der Waals surface area contributed by atoms with Crippen LogP contribution in [0, 0.1) is 5.92 Å². The molecule has 0 spiro atoms. The molecular weight excluding hydrogens is 96.1 g/mol. The molecule has 1 rings (SSSR count). The molecule has 0 radical (unpaired) electrons. The lowest BCUT2D eigenvalue weighted by Crippen LogP contribution is -1.83. The SMILES string of the molecule is [2H]C1([2H])CCC([2H])([2H])C1C=CC. The molecule has 0 bridgehead atoms. The third kappa shape index (κ3) is 1.36. The minimum atomic E-state index is -1.37. The zero-order valence-corrected chi connectivity index (χ0v) is 5.15. The van der Waals surface area contributed by atoms with E-state index in [2.05, 4.69) is 0 Å². The van der Waals surface area contributed by atoms with Crippen molar-refractivity contribution < 1.29 is 5.48 Å². The van der Waals surface area contributed by atoms with Gasteiger partial charge in [-0.2, -0.15) is 0 Å². The van der Waals surface area contributed by atoms with Crippen molar-refractivity contribution in [1.82, 2.24) is 0 Å². The van der Waals surface area contributed by atoms with E-state index < -0.39 is 18.7 Å². The van der Waals surface area contributed by atoms with Gasteiger partial charge in [-0.1, -0.05) is 25.0 Å². The summed E-state index contributed by atoms with van der Waals surface area (Å²) in [4.78, 5) is 0. The number of allylic oxidation sites excluding steroid dienone is 2. The minimum Gasteiger partial charge on any atom is -0.0914 e. The van der Waals surface area contributed by atoms with Gasteiger partial charge in [-0.15, -0.1) is 0 Å². The summed E-state index contributed by atoms with van der Waals surface area (Å²) in [6.07, 6.45) is 1.30. The van der Waals surface area contributed by atoms with Crippen molar-refractivity contribution in [2.24, 2.45) is 5.92 Å². The van der Waals surface area contributed by atoms with Crippen molar-refractivity contribution in [3.05, 3.63) is 12.2 Å². The van der Waals surface area contributed by atoms with E-state index in [1.54, 1.807) is 19.1 Å². The molecule has 0 heteroatoms. The molecule has 1 aliphatic rings. The Morgan fingerprint density at radius 3 is 2.62 bits per heavy atom. The zero-order valence-electron chi connectivity index (χ0n) is 9.15. The number of hydrogen-bond acceptors (Lipinski definition) is 0. The van der Waals surface area contributed by atoms with Gasteiger partial charge in [-0.25, -0.2) is 0 Å². The van der Waals surface area contributed by atoms with E-state index in [-0.39, 0.29) is 0 Å². The highest BCUT2D eigenvalue weighted by Crippen LogP contribution is 2.25. The second-order valence-electron chi connectivity index (χ2n) is 1.91. The fourth-order valence-corrected chi connectivity index (χ4v) is 0.856. The lowest BCUT2D eigenvalue weighted by molar-refractivity contribution is 0.685. The molecule has 0 nitrogen and oxygen atoms in total. The summed E-state index contributed by atoms with van der Waals surface area (Å²) >= 11 is 0. The molecule has 0 aromatic carbocycles. The molecule has 46 valence electrons. The van der Waals surface area contributed by atoms with Gasteiger partial charge in [0.25, 0.3) is 0 Å². The molecule has 0 aliphatic heterocycles. The first-order valence-corrected chi connectivity index (χ1v) is 3.03. The predicted octanol–water partition coefficient (Wildman–Crippen LogP) is 2.75. The first-order chi connectivity index (χ1) is 5.40. The minimum absolute atomic E-state index is 0.328. The highest BCUT2D eigenvalue weighted by molar-refractivity contribution is 4.87.